The minimum Gasteiger partial charge on any atom is -0.496 e. The first-order valence-electron chi connectivity index (χ1n) is 8.57. The molecule has 0 unspecified atom stereocenters. The molecule has 27 heavy (non-hydrogen) atoms. The molecule has 1 N–H and O–H groups in total. The smallest absolute Gasteiger partial charge is 0.416 e. The molecule has 0 saturated carbocycles. The van der Waals surface area contributed by atoms with Crippen LogP contribution in [0, 0.1) is 0 Å². The van der Waals surface area contributed by atoms with Gasteiger partial charge in [-0.25, -0.2) is 0 Å². The number of fused-ring (bicyclic) bond motifs is 1. The molecular formula is C19H19F3N2O3. The van der Waals surface area contributed by atoms with E-state index in [0.29, 0.717) is 18.7 Å². The van der Waals surface area contributed by atoms with E-state index < -0.39 is 17.6 Å². The van der Waals surface area contributed by atoms with Gasteiger partial charge in [0, 0.05) is 24.8 Å². The molecule has 1 aromatic carbocycles. The molecule has 3 rings (SSSR count). The van der Waals surface area contributed by atoms with Gasteiger partial charge in [0.05, 0.1) is 12.7 Å². The van der Waals surface area contributed by atoms with Gasteiger partial charge in [0.1, 0.15) is 11.3 Å². The average Bonchev–Trinajstić information content (AvgIpc) is 2.65. The number of carbonyl (C=O) groups excluding carboxylic acids is 1. The summed E-state index contributed by atoms with van der Waals surface area (Å²) in [4.78, 5) is 24.9. The van der Waals surface area contributed by atoms with Gasteiger partial charge in [-0.15, -0.1) is 0 Å². The van der Waals surface area contributed by atoms with Crippen LogP contribution in [0.2, 0.25) is 0 Å². The first kappa shape index (κ1) is 19.0. The van der Waals surface area contributed by atoms with Gasteiger partial charge in [0.25, 0.3) is 11.5 Å². The van der Waals surface area contributed by atoms with Gasteiger partial charge in [-0.2, -0.15) is 13.2 Å². The van der Waals surface area contributed by atoms with Crippen molar-refractivity contribution in [2.45, 2.75) is 38.5 Å². The third-order valence-electron chi connectivity index (χ3n) is 4.64. The van der Waals surface area contributed by atoms with E-state index in [1.165, 1.54) is 35.9 Å². The van der Waals surface area contributed by atoms with E-state index in [2.05, 4.69) is 5.32 Å². The molecule has 0 aliphatic carbocycles. The lowest BCUT2D eigenvalue weighted by molar-refractivity contribution is -0.138. The van der Waals surface area contributed by atoms with Crippen molar-refractivity contribution in [2.75, 3.05) is 7.11 Å². The molecule has 2 heterocycles. The Bertz CT molecular complexity index is 919. The average molecular weight is 380 g/mol. The highest BCUT2D eigenvalue weighted by Crippen LogP contribution is 2.32. The van der Waals surface area contributed by atoms with Crippen LogP contribution >= 0.6 is 0 Å². The number of ether oxygens (including phenoxy) is 1. The fourth-order valence-corrected chi connectivity index (χ4v) is 3.36. The highest BCUT2D eigenvalue weighted by molar-refractivity contribution is 5.98. The van der Waals surface area contributed by atoms with Gasteiger partial charge in [0.2, 0.25) is 0 Å². The lowest BCUT2D eigenvalue weighted by Crippen LogP contribution is -2.33. The lowest BCUT2D eigenvalue weighted by Gasteiger charge is -2.23. The molecule has 1 aliphatic heterocycles. The number of hydrogen-bond acceptors (Lipinski definition) is 3. The zero-order valence-corrected chi connectivity index (χ0v) is 14.7. The van der Waals surface area contributed by atoms with Crippen LogP contribution in [-0.4, -0.2) is 17.6 Å². The number of nitrogens with one attached hydrogen (secondary N) is 1. The van der Waals surface area contributed by atoms with Crippen LogP contribution in [0.25, 0.3) is 0 Å². The molecular weight excluding hydrogens is 361 g/mol. The van der Waals surface area contributed by atoms with Crippen molar-refractivity contribution in [1.29, 1.82) is 0 Å². The van der Waals surface area contributed by atoms with E-state index in [1.807, 2.05) is 0 Å². The van der Waals surface area contributed by atoms with E-state index in [-0.39, 0.29) is 29.0 Å². The second-order valence-corrected chi connectivity index (χ2v) is 6.32. The van der Waals surface area contributed by atoms with Crippen LogP contribution in [0.15, 0.2) is 35.1 Å². The van der Waals surface area contributed by atoms with Crippen molar-refractivity contribution < 1.29 is 22.7 Å². The summed E-state index contributed by atoms with van der Waals surface area (Å²) in [6, 6.07) is 6.34. The Morgan fingerprint density at radius 2 is 2.00 bits per heavy atom. The van der Waals surface area contributed by atoms with Gasteiger partial charge >= 0.3 is 6.18 Å². The molecule has 1 amide bonds. The number of aromatic nitrogens is 1. The van der Waals surface area contributed by atoms with Crippen LogP contribution in [0.5, 0.6) is 5.75 Å². The predicted octanol–water partition coefficient (Wildman–Crippen LogP) is 3.14. The Labute approximate surface area is 153 Å². The Kier molecular flexibility index (Phi) is 5.25. The van der Waals surface area contributed by atoms with Crippen molar-refractivity contribution in [3.8, 4) is 5.75 Å². The van der Waals surface area contributed by atoms with Crippen LogP contribution in [0.1, 0.15) is 40.0 Å². The molecule has 0 atom stereocenters. The predicted molar refractivity (Wildman–Crippen MR) is 92.8 cm³/mol. The first-order valence-corrected chi connectivity index (χ1v) is 8.57. The van der Waals surface area contributed by atoms with Crippen molar-refractivity contribution in [3.05, 3.63) is 63.1 Å². The third kappa shape index (κ3) is 3.84. The Morgan fingerprint density at radius 3 is 2.70 bits per heavy atom. The lowest BCUT2D eigenvalue weighted by atomic mass is 10.0. The summed E-state index contributed by atoms with van der Waals surface area (Å²) >= 11 is 0. The molecule has 8 heteroatoms. The molecule has 0 bridgehead atoms. The van der Waals surface area contributed by atoms with Gasteiger partial charge in [-0.3, -0.25) is 9.59 Å². The second kappa shape index (κ2) is 7.46. The molecule has 0 spiro atoms. The molecule has 0 radical (unpaired) electrons. The summed E-state index contributed by atoms with van der Waals surface area (Å²) in [5.41, 5.74) is -0.295. The SMILES string of the molecule is COc1cc(=O)n2c(c1C(=O)NCc1ccccc1C(F)(F)F)CCCC2. The molecule has 1 aromatic heterocycles. The molecule has 144 valence electrons. The van der Waals surface area contributed by atoms with Gasteiger partial charge in [-0.1, -0.05) is 18.2 Å². The Balaban J connectivity index is 1.91. The highest BCUT2D eigenvalue weighted by Gasteiger charge is 2.33. The van der Waals surface area contributed by atoms with E-state index in [4.69, 9.17) is 4.74 Å². The summed E-state index contributed by atoms with van der Waals surface area (Å²) in [6.07, 6.45) is -2.31. The quantitative estimate of drug-likeness (QED) is 0.887. The van der Waals surface area contributed by atoms with Crippen LogP contribution < -0.4 is 15.6 Å². The number of alkyl halides is 3. The molecule has 2 aromatic rings. The summed E-state index contributed by atoms with van der Waals surface area (Å²) in [5, 5.41) is 2.54. The topological polar surface area (TPSA) is 60.3 Å². The summed E-state index contributed by atoms with van der Waals surface area (Å²) < 4.78 is 46.1. The number of benzene rings is 1. The first-order chi connectivity index (χ1) is 12.8. The minimum atomic E-state index is -4.50. The summed E-state index contributed by atoms with van der Waals surface area (Å²) in [6.45, 7) is 0.228. The van der Waals surface area contributed by atoms with Crippen LogP contribution in [-0.2, 0) is 25.7 Å². The monoisotopic (exact) mass is 380 g/mol. The van der Waals surface area contributed by atoms with Crippen molar-refractivity contribution in [1.82, 2.24) is 9.88 Å². The Hall–Kier alpha value is -2.77. The number of amides is 1. The number of pyridine rings is 1. The van der Waals surface area contributed by atoms with E-state index >= 15 is 0 Å². The van der Waals surface area contributed by atoms with E-state index in [1.54, 1.807) is 0 Å². The summed E-state index contributed by atoms with van der Waals surface area (Å²) in [7, 11) is 1.35. The largest absolute Gasteiger partial charge is 0.496 e. The van der Waals surface area contributed by atoms with Crippen molar-refractivity contribution >= 4 is 5.91 Å². The maximum atomic E-state index is 13.1. The van der Waals surface area contributed by atoms with E-state index in [9.17, 15) is 22.8 Å². The fourth-order valence-electron chi connectivity index (χ4n) is 3.36. The van der Waals surface area contributed by atoms with E-state index in [0.717, 1.165) is 18.9 Å². The fraction of sp³-hybridized carbons (Fsp3) is 0.368. The molecule has 0 fully saturated rings. The number of rotatable bonds is 4. The maximum absolute atomic E-state index is 13.1. The maximum Gasteiger partial charge on any atom is 0.416 e. The van der Waals surface area contributed by atoms with Crippen LogP contribution in [0.3, 0.4) is 0 Å². The minimum absolute atomic E-state index is 0.0284. The standard InChI is InChI=1S/C19H19F3N2O3/c1-27-15-10-16(25)24-9-5-4-8-14(24)17(15)18(26)23-11-12-6-2-3-7-13(12)19(20,21)22/h2-3,6-7,10H,4-5,8-9,11H2,1H3,(H,23,26). The number of methoxy groups -OCH3 is 1. The van der Waals surface area contributed by atoms with Crippen LogP contribution in [0.4, 0.5) is 13.2 Å². The number of halogens is 3. The van der Waals surface area contributed by atoms with Crippen molar-refractivity contribution in [3.63, 3.8) is 0 Å². The van der Waals surface area contributed by atoms with Gasteiger partial charge in [0.15, 0.2) is 0 Å². The second-order valence-electron chi connectivity index (χ2n) is 6.32. The highest BCUT2D eigenvalue weighted by atomic mass is 19.4. The molecule has 1 aliphatic rings. The van der Waals surface area contributed by atoms with Gasteiger partial charge < -0.3 is 14.6 Å². The zero-order chi connectivity index (χ0) is 19.6. The Morgan fingerprint density at radius 1 is 1.26 bits per heavy atom. The van der Waals surface area contributed by atoms with Crippen molar-refractivity contribution in [2.24, 2.45) is 0 Å². The normalized spacial score (nSPS) is 13.8. The molecule has 5 nitrogen and oxygen atoms in total. The third-order valence-corrected chi connectivity index (χ3v) is 4.64. The van der Waals surface area contributed by atoms with Gasteiger partial charge in [-0.05, 0) is 30.9 Å². The summed E-state index contributed by atoms with van der Waals surface area (Å²) in [5.74, 6) is -0.427. The zero-order valence-electron chi connectivity index (χ0n) is 14.7. The number of nitrogens with zero attached hydrogens (tertiary/aromatic N) is 1. The molecule has 0 saturated heterocycles. The number of carbonyl (C=O) groups is 1. The number of hydrogen-bond donors (Lipinski definition) is 1.